The number of amides is 1. The van der Waals surface area contributed by atoms with Gasteiger partial charge in [-0.15, -0.1) is 0 Å². The molecule has 0 saturated heterocycles. The van der Waals surface area contributed by atoms with Gasteiger partial charge in [0, 0.05) is 12.5 Å². The van der Waals surface area contributed by atoms with Gasteiger partial charge >= 0.3 is 5.97 Å². The van der Waals surface area contributed by atoms with Crippen LogP contribution in [0.3, 0.4) is 0 Å². The Morgan fingerprint density at radius 2 is 1.72 bits per heavy atom. The van der Waals surface area contributed by atoms with Crippen LogP contribution in [0.1, 0.15) is 44.9 Å². The first-order chi connectivity index (χ1) is 8.61. The standard InChI is InChI=1S/C14H21NO3/c16-12(11-6-9-5-10(9)7-11)15-8-14(13(17)18)3-1-2-4-14/h9-11H,1-8H2,(H,15,16)(H,17,18). The van der Waals surface area contributed by atoms with E-state index in [9.17, 15) is 14.7 Å². The summed E-state index contributed by atoms with van der Waals surface area (Å²) in [4.78, 5) is 23.4. The Bertz CT molecular complexity index is 363. The lowest BCUT2D eigenvalue weighted by molar-refractivity contribution is -0.148. The van der Waals surface area contributed by atoms with E-state index < -0.39 is 11.4 Å². The Balaban J connectivity index is 1.53. The SMILES string of the molecule is O=C(NCC1(C(=O)O)CCCC1)C1CC2CC2C1. The molecule has 0 heterocycles. The Kier molecular flexibility index (Phi) is 2.83. The monoisotopic (exact) mass is 251 g/mol. The quantitative estimate of drug-likeness (QED) is 0.800. The second-order valence-corrected chi connectivity index (χ2v) is 6.43. The molecule has 0 aromatic rings. The van der Waals surface area contributed by atoms with Crippen LogP contribution in [-0.2, 0) is 9.59 Å². The van der Waals surface area contributed by atoms with Crippen LogP contribution < -0.4 is 5.32 Å². The Morgan fingerprint density at radius 3 is 2.28 bits per heavy atom. The van der Waals surface area contributed by atoms with Crippen molar-refractivity contribution in [3.05, 3.63) is 0 Å². The second kappa shape index (κ2) is 4.25. The number of carbonyl (C=O) groups is 2. The summed E-state index contributed by atoms with van der Waals surface area (Å²) in [5.74, 6) is 1.09. The maximum absolute atomic E-state index is 12.0. The number of fused-ring (bicyclic) bond motifs is 1. The highest BCUT2D eigenvalue weighted by Crippen LogP contribution is 2.54. The number of hydrogen-bond donors (Lipinski definition) is 2. The van der Waals surface area contributed by atoms with Gasteiger partial charge in [0.1, 0.15) is 0 Å². The van der Waals surface area contributed by atoms with Gasteiger partial charge in [-0.1, -0.05) is 12.8 Å². The molecule has 0 aromatic carbocycles. The number of hydrogen-bond acceptors (Lipinski definition) is 2. The minimum atomic E-state index is -0.741. The van der Waals surface area contributed by atoms with Gasteiger partial charge in [0.25, 0.3) is 0 Å². The summed E-state index contributed by atoms with van der Waals surface area (Å²) in [6.45, 7) is 0.326. The van der Waals surface area contributed by atoms with Crippen molar-refractivity contribution in [2.24, 2.45) is 23.2 Å². The summed E-state index contributed by atoms with van der Waals surface area (Å²) >= 11 is 0. The third kappa shape index (κ3) is 2.02. The van der Waals surface area contributed by atoms with E-state index in [0.717, 1.165) is 37.5 Å². The van der Waals surface area contributed by atoms with Gasteiger partial charge in [0.05, 0.1) is 5.41 Å². The van der Waals surface area contributed by atoms with E-state index in [4.69, 9.17) is 0 Å². The topological polar surface area (TPSA) is 66.4 Å². The van der Waals surface area contributed by atoms with E-state index in [2.05, 4.69) is 5.32 Å². The zero-order chi connectivity index (χ0) is 12.8. The molecular formula is C14H21NO3. The van der Waals surface area contributed by atoms with Crippen molar-refractivity contribution in [3.63, 3.8) is 0 Å². The van der Waals surface area contributed by atoms with Crippen molar-refractivity contribution in [1.82, 2.24) is 5.32 Å². The van der Waals surface area contributed by atoms with Gasteiger partial charge < -0.3 is 10.4 Å². The zero-order valence-electron chi connectivity index (χ0n) is 10.7. The van der Waals surface area contributed by atoms with Gasteiger partial charge in [-0.2, -0.15) is 0 Å². The van der Waals surface area contributed by atoms with Crippen molar-refractivity contribution >= 4 is 11.9 Å². The second-order valence-electron chi connectivity index (χ2n) is 6.43. The number of carboxylic acid groups (broad SMARTS) is 1. The van der Waals surface area contributed by atoms with Crippen molar-refractivity contribution in [2.75, 3.05) is 6.54 Å². The lowest BCUT2D eigenvalue weighted by Crippen LogP contribution is -2.43. The summed E-state index contributed by atoms with van der Waals surface area (Å²) in [6, 6.07) is 0. The molecule has 4 nitrogen and oxygen atoms in total. The molecule has 1 amide bonds. The molecule has 0 aliphatic heterocycles. The van der Waals surface area contributed by atoms with E-state index in [1.165, 1.54) is 6.42 Å². The predicted octanol–water partition coefficient (Wildman–Crippen LogP) is 1.79. The fraction of sp³-hybridized carbons (Fsp3) is 0.857. The van der Waals surface area contributed by atoms with Crippen molar-refractivity contribution in [1.29, 1.82) is 0 Å². The smallest absolute Gasteiger partial charge is 0.311 e. The first kappa shape index (κ1) is 12.0. The molecule has 0 bridgehead atoms. The highest BCUT2D eigenvalue weighted by molar-refractivity contribution is 5.81. The number of carboxylic acids is 1. The largest absolute Gasteiger partial charge is 0.481 e. The summed E-state index contributed by atoms with van der Waals surface area (Å²) in [5, 5.41) is 12.2. The molecule has 3 aliphatic carbocycles. The van der Waals surface area contributed by atoms with Gasteiger partial charge in [-0.05, 0) is 43.9 Å². The molecule has 2 N–H and O–H groups in total. The molecule has 3 saturated carbocycles. The van der Waals surface area contributed by atoms with Crippen LogP contribution in [0.5, 0.6) is 0 Å². The fourth-order valence-electron chi connectivity index (χ4n) is 3.85. The van der Waals surface area contributed by atoms with Crippen LogP contribution in [0.2, 0.25) is 0 Å². The van der Waals surface area contributed by atoms with Crippen LogP contribution >= 0.6 is 0 Å². The van der Waals surface area contributed by atoms with E-state index in [-0.39, 0.29) is 11.8 Å². The van der Waals surface area contributed by atoms with Crippen LogP contribution in [-0.4, -0.2) is 23.5 Å². The minimum absolute atomic E-state index is 0.0923. The summed E-state index contributed by atoms with van der Waals surface area (Å²) in [6.07, 6.45) is 6.71. The molecule has 3 rings (SSSR count). The number of nitrogens with one attached hydrogen (secondary N) is 1. The van der Waals surface area contributed by atoms with Gasteiger partial charge in [0.2, 0.25) is 5.91 Å². The molecule has 18 heavy (non-hydrogen) atoms. The van der Waals surface area contributed by atoms with Gasteiger partial charge in [0.15, 0.2) is 0 Å². The van der Waals surface area contributed by atoms with Crippen LogP contribution in [0.4, 0.5) is 0 Å². The Labute approximate surface area is 107 Å². The minimum Gasteiger partial charge on any atom is -0.481 e. The summed E-state index contributed by atoms with van der Waals surface area (Å²) in [5.41, 5.74) is -0.683. The maximum Gasteiger partial charge on any atom is 0.311 e. The van der Waals surface area contributed by atoms with E-state index >= 15 is 0 Å². The summed E-state index contributed by atoms with van der Waals surface area (Å²) < 4.78 is 0. The molecule has 0 spiro atoms. The molecular weight excluding hydrogens is 230 g/mol. The molecule has 0 radical (unpaired) electrons. The molecule has 3 aliphatic rings. The van der Waals surface area contributed by atoms with E-state index in [0.29, 0.717) is 19.4 Å². The molecule has 3 fully saturated rings. The summed E-state index contributed by atoms with van der Waals surface area (Å²) in [7, 11) is 0. The van der Waals surface area contributed by atoms with Crippen molar-refractivity contribution in [3.8, 4) is 0 Å². The van der Waals surface area contributed by atoms with Crippen LogP contribution in [0.25, 0.3) is 0 Å². The lowest BCUT2D eigenvalue weighted by Gasteiger charge is -2.25. The van der Waals surface area contributed by atoms with Crippen LogP contribution in [0.15, 0.2) is 0 Å². The average molecular weight is 251 g/mol. The van der Waals surface area contributed by atoms with Gasteiger partial charge in [-0.3, -0.25) is 9.59 Å². The van der Waals surface area contributed by atoms with Crippen molar-refractivity contribution in [2.45, 2.75) is 44.9 Å². The van der Waals surface area contributed by atoms with E-state index in [1.54, 1.807) is 0 Å². The third-order valence-electron chi connectivity index (χ3n) is 5.23. The average Bonchev–Trinajstić information content (AvgIpc) is 2.83. The first-order valence-corrected chi connectivity index (χ1v) is 7.12. The normalized spacial score (nSPS) is 36.1. The third-order valence-corrected chi connectivity index (χ3v) is 5.23. The first-order valence-electron chi connectivity index (χ1n) is 7.12. The van der Waals surface area contributed by atoms with E-state index in [1.807, 2.05) is 0 Å². The zero-order valence-corrected chi connectivity index (χ0v) is 10.7. The lowest BCUT2D eigenvalue weighted by atomic mass is 9.86. The molecule has 2 unspecified atom stereocenters. The Morgan fingerprint density at radius 1 is 1.11 bits per heavy atom. The number of carbonyl (C=O) groups excluding carboxylic acids is 1. The van der Waals surface area contributed by atoms with Crippen LogP contribution in [0, 0.1) is 23.2 Å². The fourth-order valence-corrected chi connectivity index (χ4v) is 3.85. The van der Waals surface area contributed by atoms with Gasteiger partial charge in [-0.25, -0.2) is 0 Å². The number of rotatable bonds is 4. The predicted molar refractivity (Wildman–Crippen MR) is 65.9 cm³/mol. The molecule has 0 aromatic heterocycles. The molecule has 4 heteroatoms. The van der Waals surface area contributed by atoms with Crippen molar-refractivity contribution < 1.29 is 14.7 Å². The highest BCUT2D eigenvalue weighted by atomic mass is 16.4. The highest BCUT2D eigenvalue weighted by Gasteiger charge is 2.48. The number of aliphatic carboxylic acids is 1. The maximum atomic E-state index is 12.0. The molecule has 100 valence electrons. The molecule has 2 atom stereocenters. The Hall–Kier alpha value is -1.06.